The van der Waals surface area contributed by atoms with Crippen LogP contribution < -0.4 is 0 Å². The lowest BCUT2D eigenvalue weighted by atomic mass is 10.3. The molecule has 1 atom stereocenters. The van der Waals surface area contributed by atoms with Crippen molar-refractivity contribution in [2.24, 2.45) is 0 Å². The maximum Gasteiger partial charge on any atom is 0.288 e. The van der Waals surface area contributed by atoms with Crippen molar-refractivity contribution < 1.29 is 13.2 Å². The van der Waals surface area contributed by atoms with Crippen LogP contribution in [0.15, 0.2) is 0 Å². The summed E-state index contributed by atoms with van der Waals surface area (Å²) in [7, 11) is 0. The van der Waals surface area contributed by atoms with E-state index in [4.69, 9.17) is 0 Å². The largest absolute Gasteiger partial charge is 0.288 e. The van der Waals surface area contributed by atoms with Crippen LogP contribution >= 0.6 is 11.8 Å². The van der Waals surface area contributed by atoms with Crippen molar-refractivity contribution in [2.75, 3.05) is 5.75 Å². The van der Waals surface area contributed by atoms with Gasteiger partial charge in [-0.2, -0.15) is 0 Å². The second kappa shape index (κ2) is 1.83. The monoisotopic (exact) mass is 142 g/mol. The number of hydrogen-bond donors (Lipinski definition) is 0. The zero-order chi connectivity index (χ0) is 6.20. The Morgan fingerprint density at radius 3 is 2.25 bits per heavy atom. The molecule has 1 fully saturated rings. The van der Waals surface area contributed by atoms with Gasteiger partial charge < -0.3 is 0 Å². The Morgan fingerprint density at radius 2 is 2.12 bits per heavy atom. The van der Waals surface area contributed by atoms with Crippen molar-refractivity contribution in [3.63, 3.8) is 0 Å². The van der Waals surface area contributed by atoms with Crippen LogP contribution in [0.4, 0.5) is 13.2 Å². The summed E-state index contributed by atoms with van der Waals surface area (Å²) in [6.07, 6.45) is -0.307. The molecule has 0 bridgehead atoms. The van der Waals surface area contributed by atoms with Gasteiger partial charge in [0, 0.05) is 12.2 Å². The predicted octanol–water partition coefficient (Wildman–Crippen LogP) is 2.05. The number of rotatable bonds is 0. The van der Waals surface area contributed by atoms with E-state index in [1.54, 1.807) is 0 Å². The minimum atomic E-state index is -3.05. The fraction of sp³-hybridized carbons (Fsp3) is 1.00. The second-order valence-electron chi connectivity index (χ2n) is 1.70. The maximum absolute atomic E-state index is 11.9. The van der Waals surface area contributed by atoms with E-state index in [9.17, 15) is 13.2 Å². The molecule has 0 saturated carbocycles. The van der Waals surface area contributed by atoms with Crippen LogP contribution in [0.5, 0.6) is 0 Å². The van der Waals surface area contributed by atoms with E-state index in [1.165, 1.54) is 0 Å². The van der Waals surface area contributed by atoms with E-state index >= 15 is 0 Å². The Kier molecular flexibility index (Phi) is 1.43. The van der Waals surface area contributed by atoms with E-state index < -0.39 is 11.4 Å². The lowest BCUT2D eigenvalue weighted by Crippen LogP contribution is -2.20. The Hall–Kier alpha value is 0.140. The summed E-state index contributed by atoms with van der Waals surface area (Å²) >= 11 is 0.687. The predicted molar refractivity (Wildman–Crippen MR) is 26.9 cm³/mol. The summed E-state index contributed by atoms with van der Waals surface area (Å²) in [6.45, 7) is 0. The molecule has 0 aromatic heterocycles. The van der Waals surface area contributed by atoms with Gasteiger partial charge in [0.25, 0.3) is 5.92 Å². The first-order valence-electron chi connectivity index (χ1n) is 2.26. The van der Waals surface area contributed by atoms with Crippen molar-refractivity contribution in [1.82, 2.24) is 0 Å². The van der Waals surface area contributed by atoms with Crippen LogP contribution in [0.2, 0.25) is 0 Å². The Balaban J connectivity index is 2.54. The molecule has 0 N–H and O–H groups in total. The molecule has 1 saturated heterocycles. The molecule has 0 nitrogen and oxygen atoms in total. The third-order valence-electron chi connectivity index (χ3n) is 1.03. The SMILES string of the molecule is FC1SCCC1(F)F. The first-order valence-corrected chi connectivity index (χ1v) is 3.31. The van der Waals surface area contributed by atoms with E-state index in [0.717, 1.165) is 0 Å². The normalized spacial score (nSPS) is 35.6. The summed E-state index contributed by atoms with van der Waals surface area (Å²) in [5, 5.41) is 0. The Morgan fingerprint density at radius 1 is 1.50 bits per heavy atom. The quantitative estimate of drug-likeness (QED) is 0.498. The highest BCUT2D eigenvalue weighted by Gasteiger charge is 2.45. The van der Waals surface area contributed by atoms with Crippen LogP contribution in [-0.2, 0) is 0 Å². The van der Waals surface area contributed by atoms with Crippen molar-refractivity contribution >= 4 is 11.8 Å². The number of thioether (sulfide) groups is 1. The van der Waals surface area contributed by atoms with Gasteiger partial charge in [0.05, 0.1) is 0 Å². The van der Waals surface area contributed by atoms with Crippen LogP contribution in [0.1, 0.15) is 6.42 Å². The fourth-order valence-corrected chi connectivity index (χ4v) is 1.49. The minimum Gasteiger partial charge on any atom is -0.229 e. The molecule has 8 heavy (non-hydrogen) atoms. The van der Waals surface area contributed by atoms with Crippen LogP contribution in [0.3, 0.4) is 0 Å². The molecule has 48 valence electrons. The standard InChI is InChI=1S/C4H5F3S/c5-3-4(6,7)1-2-8-3/h3H,1-2H2. The number of halogens is 3. The highest BCUT2D eigenvalue weighted by molar-refractivity contribution is 8.00. The summed E-state index contributed by atoms with van der Waals surface area (Å²) in [6, 6.07) is 0. The number of alkyl halides is 3. The summed E-state index contributed by atoms with van der Waals surface area (Å²) in [5.74, 6) is -2.81. The first-order chi connectivity index (χ1) is 3.63. The molecule has 0 amide bonds. The zero-order valence-corrected chi connectivity index (χ0v) is 4.85. The van der Waals surface area contributed by atoms with Gasteiger partial charge >= 0.3 is 0 Å². The molecule has 1 aliphatic heterocycles. The number of hydrogen-bond acceptors (Lipinski definition) is 1. The highest BCUT2D eigenvalue weighted by atomic mass is 32.2. The molecule has 0 radical (unpaired) electrons. The summed E-state index contributed by atoms with van der Waals surface area (Å²) in [5.41, 5.74) is -1.96. The molecule has 0 aliphatic carbocycles. The second-order valence-corrected chi connectivity index (χ2v) is 2.85. The van der Waals surface area contributed by atoms with Crippen LogP contribution in [0.25, 0.3) is 0 Å². The summed E-state index contributed by atoms with van der Waals surface area (Å²) < 4.78 is 35.8. The topological polar surface area (TPSA) is 0 Å². The van der Waals surface area contributed by atoms with Gasteiger partial charge in [0.2, 0.25) is 5.50 Å². The van der Waals surface area contributed by atoms with Crippen molar-refractivity contribution in [2.45, 2.75) is 17.8 Å². The van der Waals surface area contributed by atoms with Crippen LogP contribution in [-0.4, -0.2) is 17.2 Å². The van der Waals surface area contributed by atoms with E-state index in [1.807, 2.05) is 0 Å². The molecule has 1 rings (SSSR count). The lowest BCUT2D eigenvalue weighted by molar-refractivity contribution is -0.0311. The summed E-state index contributed by atoms with van der Waals surface area (Å²) in [4.78, 5) is 0. The van der Waals surface area contributed by atoms with Gasteiger partial charge in [-0.15, -0.1) is 11.8 Å². The molecule has 1 aliphatic rings. The highest BCUT2D eigenvalue weighted by Crippen LogP contribution is 2.40. The Labute approximate surface area is 49.4 Å². The van der Waals surface area contributed by atoms with E-state index in [0.29, 0.717) is 11.8 Å². The third kappa shape index (κ3) is 0.940. The minimum absolute atomic E-state index is 0.244. The molecule has 0 aromatic rings. The van der Waals surface area contributed by atoms with Gasteiger partial charge in [-0.3, -0.25) is 0 Å². The van der Waals surface area contributed by atoms with Gasteiger partial charge in [-0.05, 0) is 0 Å². The molecular weight excluding hydrogens is 137 g/mol. The van der Waals surface area contributed by atoms with Crippen molar-refractivity contribution in [1.29, 1.82) is 0 Å². The molecule has 0 spiro atoms. The van der Waals surface area contributed by atoms with Gasteiger partial charge in [-0.1, -0.05) is 0 Å². The molecule has 1 heterocycles. The molecule has 1 unspecified atom stereocenters. The van der Waals surface area contributed by atoms with Crippen LogP contribution in [0, 0.1) is 0 Å². The van der Waals surface area contributed by atoms with E-state index in [-0.39, 0.29) is 12.2 Å². The smallest absolute Gasteiger partial charge is 0.229 e. The maximum atomic E-state index is 11.9. The average molecular weight is 142 g/mol. The molecule has 4 heteroatoms. The zero-order valence-electron chi connectivity index (χ0n) is 4.03. The Bertz CT molecular complexity index is 93.3. The van der Waals surface area contributed by atoms with E-state index in [2.05, 4.69) is 0 Å². The van der Waals surface area contributed by atoms with Crippen molar-refractivity contribution in [3.05, 3.63) is 0 Å². The van der Waals surface area contributed by atoms with Crippen molar-refractivity contribution in [3.8, 4) is 0 Å². The van der Waals surface area contributed by atoms with Gasteiger partial charge in [-0.25, -0.2) is 13.2 Å². The molecule has 0 aromatic carbocycles. The van der Waals surface area contributed by atoms with Gasteiger partial charge in [0.1, 0.15) is 0 Å². The fourth-order valence-electron chi connectivity index (χ4n) is 0.534. The third-order valence-corrected chi connectivity index (χ3v) is 2.11. The molecular formula is C4H5F3S. The van der Waals surface area contributed by atoms with Gasteiger partial charge in [0.15, 0.2) is 0 Å². The average Bonchev–Trinajstić information content (AvgIpc) is 1.86. The lowest BCUT2D eigenvalue weighted by Gasteiger charge is -2.07. The first kappa shape index (κ1) is 6.26.